The number of hydrogen-bond donors (Lipinski definition) is 2. The summed E-state index contributed by atoms with van der Waals surface area (Å²) in [6.45, 7) is 1.54. The van der Waals surface area contributed by atoms with Gasteiger partial charge in [0.1, 0.15) is 0 Å². The minimum Gasteiger partial charge on any atom is -0.352 e. The number of rotatable bonds is 7. The lowest BCUT2D eigenvalue weighted by Gasteiger charge is -2.18. The first-order valence-corrected chi connectivity index (χ1v) is 10.7. The van der Waals surface area contributed by atoms with Gasteiger partial charge in [0, 0.05) is 21.7 Å². The van der Waals surface area contributed by atoms with Gasteiger partial charge in [0.25, 0.3) is 5.91 Å². The topological polar surface area (TPSA) is 58.2 Å². The maximum absolute atomic E-state index is 13.6. The number of carbonyl (C=O) groups is 2. The molecule has 2 amide bonds. The zero-order valence-corrected chi connectivity index (χ0v) is 18.6. The van der Waals surface area contributed by atoms with Gasteiger partial charge in [-0.3, -0.25) is 9.59 Å². The molecule has 0 heterocycles. The van der Waals surface area contributed by atoms with Gasteiger partial charge in [-0.05, 0) is 60.7 Å². The van der Waals surface area contributed by atoms with Crippen molar-refractivity contribution in [2.45, 2.75) is 37.9 Å². The molecular formula is C23H21Cl2F3N2O2. The summed E-state index contributed by atoms with van der Waals surface area (Å²) in [7, 11) is 0. The van der Waals surface area contributed by atoms with Gasteiger partial charge in [-0.2, -0.15) is 13.2 Å². The Bertz CT molecular complexity index is 1030. The highest BCUT2D eigenvalue weighted by molar-refractivity contribution is 6.34. The lowest BCUT2D eigenvalue weighted by Crippen LogP contribution is -2.38. The number of hydrogen-bond acceptors (Lipinski definition) is 2. The number of benzene rings is 2. The van der Waals surface area contributed by atoms with Gasteiger partial charge >= 0.3 is 6.18 Å². The molecule has 32 heavy (non-hydrogen) atoms. The molecule has 2 N–H and O–H groups in total. The Labute approximate surface area is 193 Å². The number of nitrogens with one attached hydrogen (secondary N) is 2. The van der Waals surface area contributed by atoms with E-state index in [-0.39, 0.29) is 34.1 Å². The largest absolute Gasteiger partial charge is 0.399 e. The van der Waals surface area contributed by atoms with Crippen molar-refractivity contribution in [1.82, 2.24) is 10.6 Å². The zero-order valence-electron chi connectivity index (χ0n) is 17.1. The molecule has 9 heteroatoms. The third-order valence-electron chi connectivity index (χ3n) is 4.92. The molecule has 170 valence electrons. The maximum atomic E-state index is 13.6. The molecule has 4 nitrogen and oxygen atoms in total. The quantitative estimate of drug-likeness (QED) is 0.531. The van der Waals surface area contributed by atoms with E-state index in [4.69, 9.17) is 23.2 Å². The highest BCUT2D eigenvalue weighted by atomic mass is 35.5. The minimum absolute atomic E-state index is 0.0663. The van der Waals surface area contributed by atoms with Crippen molar-refractivity contribution in [3.63, 3.8) is 0 Å². The summed E-state index contributed by atoms with van der Waals surface area (Å²) in [6, 6.07) is 8.70. The molecule has 0 bridgehead atoms. The molecule has 3 rings (SSSR count). The molecule has 0 spiro atoms. The van der Waals surface area contributed by atoms with Crippen LogP contribution in [-0.2, 0) is 4.79 Å². The standard InChI is InChI=1S/C23H21Cl2F3N2O2/c1-13-8-14(2-6-19(13)22(32)29-12-21(31)30-18-4-5-18)3-7-20(23(26,27)28)15-9-16(24)11-17(25)10-15/h2-3,6-11,18,20H,4-5,12H2,1H3,(H,29,32)(H,30,31)/b7-3+. The number of allylic oxidation sites excluding steroid dienone is 1. The molecule has 0 radical (unpaired) electrons. The third-order valence-corrected chi connectivity index (χ3v) is 5.36. The fourth-order valence-corrected chi connectivity index (χ4v) is 3.72. The van der Waals surface area contributed by atoms with Crippen molar-refractivity contribution in [2.24, 2.45) is 0 Å². The average Bonchev–Trinajstić information content (AvgIpc) is 3.48. The number of alkyl halides is 3. The van der Waals surface area contributed by atoms with Crippen LogP contribution in [0.2, 0.25) is 10.0 Å². The first-order valence-electron chi connectivity index (χ1n) is 9.92. The first-order chi connectivity index (χ1) is 15.0. The summed E-state index contributed by atoms with van der Waals surface area (Å²) in [4.78, 5) is 24.1. The number of carbonyl (C=O) groups excluding carboxylic acids is 2. The molecule has 1 aliphatic carbocycles. The minimum atomic E-state index is -4.54. The summed E-state index contributed by atoms with van der Waals surface area (Å²) < 4.78 is 40.9. The molecule has 2 aromatic carbocycles. The van der Waals surface area contributed by atoms with E-state index in [1.807, 2.05) is 0 Å². The Balaban J connectivity index is 1.72. The Kier molecular flexibility index (Phi) is 7.51. The molecule has 0 aromatic heterocycles. The van der Waals surface area contributed by atoms with Gasteiger partial charge < -0.3 is 10.6 Å². The van der Waals surface area contributed by atoms with Crippen LogP contribution in [-0.4, -0.2) is 30.6 Å². The summed E-state index contributed by atoms with van der Waals surface area (Å²) >= 11 is 11.7. The van der Waals surface area contributed by atoms with E-state index >= 15 is 0 Å². The average molecular weight is 485 g/mol. The van der Waals surface area contributed by atoms with Crippen molar-refractivity contribution in [3.8, 4) is 0 Å². The third kappa shape index (κ3) is 6.74. The van der Waals surface area contributed by atoms with E-state index in [0.29, 0.717) is 16.7 Å². The number of amides is 2. The van der Waals surface area contributed by atoms with Crippen LogP contribution in [0, 0.1) is 6.92 Å². The van der Waals surface area contributed by atoms with Gasteiger partial charge in [0.05, 0.1) is 12.5 Å². The molecule has 1 saturated carbocycles. The smallest absolute Gasteiger partial charge is 0.352 e. The summed E-state index contributed by atoms with van der Waals surface area (Å²) in [6.07, 6.45) is -0.273. The molecule has 0 aliphatic heterocycles. The fourth-order valence-electron chi connectivity index (χ4n) is 3.18. The van der Waals surface area contributed by atoms with Crippen LogP contribution in [0.3, 0.4) is 0 Å². The van der Waals surface area contributed by atoms with Crippen molar-refractivity contribution >= 4 is 41.1 Å². The molecular weight excluding hydrogens is 464 g/mol. The number of aryl methyl sites for hydroxylation is 1. The predicted octanol–water partition coefficient (Wildman–Crippen LogP) is 5.67. The van der Waals surface area contributed by atoms with E-state index in [0.717, 1.165) is 18.9 Å². The Morgan fingerprint density at radius 1 is 1.12 bits per heavy atom. The molecule has 1 fully saturated rings. The van der Waals surface area contributed by atoms with E-state index < -0.39 is 18.0 Å². The lowest BCUT2D eigenvalue weighted by molar-refractivity contribution is -0.139. The summed E-state index contributed by atoms with van der Waals surface area (Å²) in [5.74, 6) is -2.57. The van der Waals surface area contributed by atoms with Crippen LogP contribution in [0.25, 0.3) is 6.08 Å². The summed E-state index contributed by atoms with van der Waals surface area (Å²) in [5.41, 5.74) is 1.34. The second-order valence-electron chi connectivity index (χ2n) is 7.68. The lowest BCUT2D eigenvalue weighted by atomic mass is 9.96. The first kappa shape index (κ1) is 24.1. The maximum Gasteiger partial charge on any atom is 0.399 e. The second-order valence-corrected chi connectivity index (χ2v) is 8.55. The van der Waals surface area contributed by atoms with Gasteiger partial charge in [-0.1, -0.05) is 47.5 Å². The van der Waals surface area contributed by atoms with Crippen molar-refractivity contribution in [1.29, 1.82) is 0 Å². The van der Waals surface area contributed by atoms with E-state index in [1.54, 1.807) is 19.1 Å². The fraction of sp³-hybridized carbons (Fsp3) is 0.304. The molecule has 2 aromatic rings. The monoisotopic (exact) mass is 484 g/mol. The van der Waals surface area contributed by atoms with Gasteiger partial charge in [-0.15, -0.1) is 0 Å². The van der Waals surface area contributed by atoms with Crippen LogP contribution in [0.1, 0.15) is 45.8 Å². The Morgan fingerprint density at radius 3 is 2.34 bits per heavy atom. The van der Waals surface area contributed by atoms with E-state index in [1.165, 1.54) is 30.3 Å². The Morgan fingerprint density at radius 2 is 1.78 bits per heavy atom. The molecule has 1 atom stereocenters. The van der Waals surface area contributed by atoms with Crippen LogP contribution < -0.4 is 10.6 Å². The molecule has 1 aliphatic rings. The van der Waals surface area contributed by atoms with Crippen LogP contribution >= 0.6 is 23.2 Å². The van der Waals surface area contributed by atoms with E-state index in [9.17, 15) is 22.8 Å². The molecule has 0 saturated heterocycles. The number of halogens is 5. The van der Waals surface area contributed by atoms with Crippen molar-refractivity contribution in [3.05, 3.63) is 74.8 Å². The van der Waals surface area contributed by atoms with E-state index in [2.05, 4.69) is 10.6 Å². The van der Waals surface area contributed by atoms with Gasteiger partial charge in [0.15, 0.2) is 0 Å². The molecule has 1 unspecified atom stereocenters. The van der Waals surface area contributed by atoms with Crippen LogP contribution in [0.4, 0.5) is 13.2 Å². The highest BCUT2D eigenvalue weighted by Crippen LogP contribution is 2.38. The van der Waals surface area contributed by atoms with Crippen LogP contribution in [0.5, 0.6) is 0 Å². The normalized spacial score (nSPS) is 14.9. The summed E-state index contributed by atoms with van der Waals surface area (Å²) in [5, 5.41) is 5.56. The SMILES string of the molecule is Cc1cc(/C=C/C(c2cc(Cl)cc(Cl)c2)C(F)(F)F)ccc1C(=O)NCC(=O)NC1CC1. The van der Waals surface area contributed by atoms with Crippen molar-refractivity contribution < 1.29 is 22.8 Å². The van der Waals surface area contributed by atoms with Crippen molar-refractivity contribution in [2.75, 3.05) is 6.54 Å². The van der Waals surface area contributed by atoms with Gasteiger partial charge in [-0.25, -0.2) is 0 Å². The zero-order chi connectivity index (χ0) is 23.5. The highest BCUT2D eigenvalue weighted by Gasteiger charge is 2.39. The Hall–Kier alpha value is -2.51. The second kappa shape index (κ2) is 9.96. The van der Waals surface area contributed by atoms with Gasteiger partial charge in [0.2, 0.25) is 5.91 Å². The predicted molar refractivity (Wildman–Crippen MR) is 119 cm³/mol. The van der Waals surface area contributed by atoms with Crippen LogP contribution in [0.15, 0.2) is 42.5 Å².